The molecule has 1 aromatic rings. The second kappa shape index (κ2) is 3.85. The number of hydrogen-bond acceptors (Lipinski definition) is 1. The summed E-state index contributed by atoms with van der Waals surface area (Å²) in [6.45, 7) is 1.96. The molecule has 0 bridgehead atoms. The molecule has 1 nitrogen and oxygen atoms in total. The van der Waals surface area contributed by atoms with Gasteiger partial charge in [-0.3, -0.25) is 4.98 Å². The summed E-state index contributed by atoms with van der Waals surface area (Å²) in [6, 6.07) is 3.87. The number of rotatable bonds is 0. The Hall–Kier alpha value is -0.0800. The van der Waals surface area contributed by atoms with Crippen molar-refractivity contribution >= 4 is 28.3 Å². The van der Waals surface area contributed by atoms with E-state index < -0.39 is 0 Å². The monoisotopic (exact) mass is 207 g/mol. The first-order valence-electron chi connectivity index (χ1n) is 2.38. The molecule has 1 rings (SSSR count). The molecule has 0 N–H and O–H groups in total. The van der Waals surface area contributed by atoms with Gasteiger partial charge < -0.3 is 0 Å². The highest BCUT2D eigenvalue weighted by molar-refractivity contribution is 9.10. The molecule has 0 aliphatic rings. The van der Waals surface area contributed by atoms with Crippen LogP contribution in [0.1, 0.15) is 5.69 Å². The molecule has 50 valence electrons. The van der Waals surface area contributed by atoms with Gasteiger partial charge in [-0.25, -0.2) is 0 Å². The zero-order valence-corrected chi connectivity index (χ0v) is 7.37. The van der Waals surface area contributed by atoms with Gasteiger partial charge in [0.1, 0.15) is 0 Å². The van der Waals surface area contributed by atoms with Crippen molar-refractivity contribution in [3.63, 3.8) is 0 Å². The molecule has 0 saturated carbocycles. The smallest absolute Gasteiger partial charge is 0.0514 e. The molecule has 0 radical (unpaired) electrons. The van der Waals surface area contributed by atoms with Gasteiger partial charge in [-0.1, -0.05) is 0 Å². The summed E-state index contributed by atoms with van der Waals surface area (Å²) in [5.74, 6) is 0. The van der Waals surface area contributed by atoms with Crippen molar-refractivity contribution in [2.45, 2.75) is 6.92 Å². The van der Waals surface area contributed by atoms with E-state index in [9.17, 15) is 0 Å². The molecule has 3 heteroatoms. The number of hydrogen-bond donors (Lipinski definition) is 0. The van der Waals surface area contributed by atoms with E-state index in [4.69, 9.17) is 0 Å². The predicted octanol–water partition coefficient (Wildman–Crippen LogP) is 2.57. The fourth-order valence-corrected chi connectivity index (χ4v) is 0.720. The second-order valence-electron chi connectivity index (χ2n) is 1.57. The highest BCUT2D eigenvalue weighted by Crippen LogP contribution is 2.10. The Balaban J connectivity index is 0.000000640. The lowest BCUT2D eigenvalue weighted by Crippen LogP contribution is -1.77. The lowest BCUT2D eigenvalue weighted by atomic mass is 10.4. The SMILES string of the molecule is Cc1ncccc1Br.Cl. The number of pyridine rings is 1. The summed E-state index contributed by atoms with van der Waals surface area (Å²) < 4.78 is 1.07. The van der Waals surface area contributed by atoms with Crippen molar-refractivity contribution in [3.05, 3.63) is 28.5 Å². The van der Waals surface area contributed by atoms with Crippen molar-refractivity contribution in [1.29, 1.82) is 0 Å². The first-order valence-corrected chi connectivity index (χ1v) is 3.17. The first kappa shape index (κ1) is 8.92. The van der Waals surface area contributed by atoms with Crippen molar-refractivity contribution in [1.82, 2.24) is 4.98 Å². The molecule has 0 spiro atoms. The summed E-state index contributed by atoms with van der Waals surface area (Å²) in [5.41, 5.74) is 1.03. The van der Waals surface area contributed by atoms with Crippen molar-refractivity contribution < 1.29 is 0 Å². The maximum absolute atomic E-state index is 4.03. The Kier molecular flexibility index (Phi) is 3.82. The van der Waals surface area contributed by atoms with Gasteiger partial charge >= 0.3 is 0 Å². The second-order valence-corrected chi connectivity index (χ2v) is 2.42. The fourth-order valence-electron chi connectivity index (χ4n) is 0.465. The molecular formula is C6H7BrClN. The largest absolute Gasteiger partial charge is 0.260 e. The Bertz CT molecular complexity index is 169. The quantitative estimate of drug-likeness (QED) is 0.639. The van der Waals surface area contributed by atoms with Crippen LogP contribution in [0, 0.1) is 6.92 Å². The summed E-state index contributed by atoms with van der Waals surface area (Å²) in [4.78, 5) is 4.03. The summed E-state index contributed by atoms with van der Waals surface area (Å²) >= 11 is 3.33. The molecule has 0 amide bonds. The topological polar surface area (TPSA) is 12.9 Å². The van der Waals surface area contributed by atoms with E-state index in [0.29, 0.717) is 0 Å². The number of aryl methyl sites for hydroxylation is 1. The van der Waals surface area contributed by atoms with Crippen LogP contribution in [0.5, 0.6) is 0 Å². The minimum absolute atomic E-state index is 0. The lowest BCUT2D eigenvalue weighted by molar-refractivity contribution is 1.18. The average Bonchev–Trinajstić information content (AvgIpc) is 1.77. The molecule has 9 heavy (non-hydrogen) atoms. The Labute approximate surface area is 69.0 Å². The third kappa shape index (κ3) is 2.33. The van der Waals surface area contributed by atoms with Gasteiger partial charge in [0.05, 0.1) is 5.69 Å². The molecule has 0 unspecified atom stereocenters. The molecular weight excluding hydrogens is 201 g/mol. The molecule has 0 aromatic carbocycles. The zero-order chi connectivity index (χ0) is 5.98. The normalized spacial score (nSPS) is 8.22. The minimum Gasteiger partial charge on any atom is -0.260 e. The molecule has 0 fully saturated rings. The molecule has 0 aliphatic heterocycles. The predicted molar refractivity (Wildman–Crippen MR) is 43.9 cm³/mol. The fraction of sp³-hybridized carbons (Fsp3) is 0.167. The van der Waals surface area contributed by atoms with E-state index in [0.717, 1.165) is 10.2 Å². The van der Waals surface area contributed by atoms with Crippen molar-refractivity contribution in [2.75, 3.05) is 0 Å². The Morgan fingerprint density at radius 2 is 2.22 bits per heavy atom. The highest BCUT2D eigenvalue weighted by Gasteiger charge is 1.87. The summed E-state index contributed by atoms with van der Waals surface area (Å²) in [7, 11) is 0. The summed E-state index contributed by atoms with van der Waals surface area (Å²) in [6.07, 6.45) is 1.78. The van der Waals surface area contributed by atoms with Crippen LogP contribution in [0.15, 0.2) is 22.8 Å². The van der Waals surface area contributed by atoms with Gasteiger partial charge in [0, 0.05) is 10.7 Å². The van der Waals surface area contributed by atoms with Gasteiger partial charge in [-0.05, 0) is 35.0 Å². The number of aromatic nitrogens is 1. The number of halogens is 2. The van der Waals surface area contributed by atoms with E-state index in [1.165, 1.54) is 0 Å². The highest BCUT2D eigenvalue weighted by atomic mass is 79.9. The summed E-state index contributed by atoms with van der Waals surface area (Å²) in [5, 5.41) is 0. The van der Waals surface area contributed by atoms with Crippen LogP contribution in [0.25, 0.3) is 0 Å². The van der Waals surface area contributed by atoms with Crippen LogP contribution >= 0.6 is 28.3 Å². The standard InChI is InChI=1S/C6H6BrN.ClH/c1-5-6(7)3-2-4-8-5;/h2-4H,1H3;1H. The molecule has 0 aliphatic carbocycles. The van der Waals surface area contributed by atoms with E-state index in [-0.39, 0.29) is 12.4 Å². The Morgan fingerprint density at radius 3 is 2.56 bits per heavy atom. The van der Waals surface area contributed by atoms with Gasteiger partial charge in [-0.15, -0.1) is 12.4 Å². The number of nitrogens with zero attached hydrogens (tertiary/aromatic N) is 1. The van der Waals surface area contributed by atoms with E-state index in [1.54, 1.807) is 6.20 Å². The first-order chi connectivity index (χ1) is 3.80. The van der Waals surface area contributed by atoms with Crippen LogP contribution in [-0.2, 0) is 0 Å². The maximum atomic E-state index is 4.03. The van der Waals surface area contributed by atoms with Gasteiger partial charge in [0.25, 0.3) is 0 Å². The van der Waals surface area contributed by atoms with Gasteiger partial charge in [-0.2, -0.15) is 0 Å². The lowest BCUT2D eigenvalue weighted by Gasteiger charge is -1.90. The molecule has 0 saturated heterocycles. The van der Waals surface area contributed by atoms with Crippen molar-refractivity contribution in [2.24, 2.45) is 0 Å². The molecule has 0 atom stereocenters. The van der Waals surface area contributed by atoms with E-state index in [2.05, 4.69) is 20.9 Å². The Morgan fingerprint density at radius 1 is 1.56 bits per heavy atom. The van der Waals surface area contributed by atoms with Crippen LogP contribution in [0.4, 0.5) is 0 Å². The van der Waals surface area contributed by atoms with Crippen molar-refractivity contribution in [3.8, 4) is 0 Å². The molecule has 1 heterocycles. The van der Waals surface area contributed by atoms with Crippen LogP contribution < -0.4 is 0 Å². The van der Waals surface area contributed by atoms with Crippen LogP contribution in [0.2, 0.25) is 0 Å². The van der Waals surface area contributed by atoms with Crippen LogP contribution in [-0.4, -0.2) is 4.98 Å². The minimum atomic E-state index is 0. The third-order valence-corrected chi connectivity index (χ3v) is 1.78. The van der Waals surface area contributed by atoms with Gasteiger partial charge in [0.2, 0.25) is 0 Å². The third-order valence-electron chi connectivity index (χ3n) is 0.942. The molecule has 1 aromatic heterocycles. The van der Waals surface area contributed by atoms with E-state index in [1.807, 2.05) is 19.1 Å². The van der Waals surface area contributed by atoms with Gasteiger partial charge in [0.15, 0.2) is 0 Å². The maximum Gasteiger partial charge on any atom is 0.0514 e. The average molecular weight is 208 g/mol. The zero-order valence-electron chi connectivity index (χ0n) is 4.97. The van der Waals surface area contributed by atoms with E-state index >= 15 is 0 Å². The van der Waals surface area contributed by atoms with Crippen LogP contribution in [0.3, 0.4) is 0 Å².